The van der Waals surface area contributed by atoms with Gasteiger partial charge in [0.05, 0.1) is 39.8 Å². The molecule has 0 unspecified atom stereocenters. The van der Waals surface area contributed by atoms with Crippen LogP contribution in [-0.2, 0) is 20.8 Å². The van der Waals surface area contributed by atoms with Gasteiger partial charge in [-0.15, -0.1) is 0 Å². The first kappa shape index (κ1) is 18.3. The summed E-state index contributed by atoms with van der Waals surface area (Å²) in [7, 11) is 4.72. The Morgan fingerprint density at radius 1 is 1.19 bits per heavy atom. The van der Waals surface area contributed by atoms with E-state index in [9.17, 15) is 9.59 Å². The van der Waals surface area contributed by atoms with E-state index in [0.29, 0.717) is 44.2 Å². The first-order valence-electron chi connectivity index (χ1n) is 8.52. The normalized spacial score (nSPS) is 21.6. The van der Waals surface area contributed by atoms with Crippen LogP contribution in [0.3, 0.4) is 0 Å². The van der Waals surface area contributed by atoms with Crippen molar-refractivity contribution < 1.29 is 28.5 Å². The fourth-order valence-corrected chi connectivity index (χ4v) is 3.41. The molecule has 26 heavy (non-hydrogen) atoms. The van der Waals surface area contributed by atoms with Gasteiger partial charge in [-0.3, -0.25) is 9.69 Å². The minimum absolute atomic E-state index is 0.0170. The molecule has 0 N–H and O–H groups in total. The molecule has 0 spiro atoms. The Labute approximate surface area is 152 Å². The van der Waals surface area contributed by atoms with Gasteiger partial charge in [0.1, 0.15) is 6.10 Å². The number of fused-ring (bicyclic) bond motifs is 1. The van der Waals surface area contributed by atoms with Crippen molar-refractivity contribution >= 4 is 12.0 Å². The molecule has 0 aliphatic carbocycles. The summed E-state index contributed by atoms with van der Waals surface area (Å²) < 4.78 is 21.0. The molecule has 8 heteroatoms. The lowest BCUT2D eigenvalue weighted by atomic mass is 10.1. The monoisotopic (exact) mass is 364 g/mol. The van der Waals surface area contributed by atoms with E-state index in [2.05, 4.69) is 0 Å². The van der Waals surface area contributed by atoms with Crippen LogP contribution in [0.25, 0.3) is 0 Å². The fourth-order valence-electron chi connectivity index (χ4n) is 3.41. The second-order valence-electron chi connectivity index (χ2n) is 6.35. The van der Waals surface area contributed by atoms with Gasteiger partial charge in [-0.25, -0.2) is 4.79 Å². The van der Waals surface area contributed by atoms with E-state index in [0.717, 1.165) is 5.56 Å². The quantitative estimate of drug-likeness (QED) is 0.725. The summed E-state index contributed by atoms with van der Waals surface area (Å²) in [6.45, 7) is 1.69. The van der Waals surface area contributed by atoms with E-state index in [1.54, 1.807) is 31.1 Å². The van der Waals surface area contributed by atoms with Gasteiger partial charge in [0.2, 0.25) is 5.91 Å². The molecule has 8 nitrogen and oxygen atoms in total. The standard InChI is InChI=1S/C18H24N2O6/c1-23-7-6-17(21)19-10-13-16(11-19)26-18(22)20(13)9-12-4-5-14(24-2)15(8-12)25-3/h4-5,8,13,16H,6-7,9-11H2,1-3H3/t13-,16+/m0/s1. The summed E-state index contributed by atoms with van der Waals surface area (Å²) in [5.74, 6) is 1.26. The van der Waals surface area contributed by atoms with Gasteiger partial charge in [-0.1, -0.05) is 6.07 Å². The van der Waals surface area contributed by atoms with E-state index in [-0.39, 0.29) is 24.1 Å². The van der Waals surface area contributed by atoms with Crippen molar-refractivity contribution in [2.75, 3.05) is 41.0 Å². The first-order chi connectivity index (χ1) is 12.6. The molecule has 0 radical (unpaired) electrons. The topological polar surface area (TPSA) is 77.5 Å². The maximum Gasteiger partial charge on any atom is 0.410 e. The number of methoxy groups -OCH3 is 3. The minimum Gasteiger partial charge on any atom is -0.493 e. The van der Waals surface area contributed by atoms with Crippen LogP contribution in [0.5, 0.6) is 11.5 Å². The van der Waals surface area contributed by atoms with Crippen LogP contribution in [0, 0.1) is 0 Å². The zero-order valence-electron chi connectivity index (χ0n) is 15.3. The predicted molar refractivity (Wildman–Crippen MR) is 92.2 cm³/mol. The van der Waals surface area contributed by atoms with Gasteiger partial charge in [0.25, 0.3) is 0 Å². The predicted octanol–water partition coefficient (Wildman–Crippen LogP) is 1.27. The number of carbonyl (C=O) groups is 2. The first-order valence-corrected chi connectivity index (χ1v) is 8.52. The molecule has 2 aliphatic heterocycles. The van der Waals surface area contributed by atoms with Crippen LogP contribution >= 0.6 is 0 Å². The van der Waals surface area contributed by atoms with Gasteiger partial charge in [0, 0.05) is 20.2 Å². The summed E-state index contributed by atoms with van der Waals surface area (Å²) >= 11 is 0. The molecule has 1 aromatic rings. The summed E-state index contributed by atoms with van der Waals surface area (Å²) in [6.07, 6.45) is -0.299. The average Bonchev–Trinajstić information content (AvgIpc) is 3.18. The Bertz CT molecular complexity index is 680. The lowest BCUT2D eigenvalue weighted by molar-refractivity contribution is -0.131. The van der Waals surface area contributed by atoms with E-state index in [1.165, 1.54) is 0 Å². The minimum atomic E-state index is -0.348. The summed E-state index contributed by atoms with van der Waals surface area (Å²) in [5.41, 5.74) is 0.907. The Kier molecular flexibility index (Phi) is 5.51. The molecule has 0 bridgehead atoms. The van der Waals surface area contributed by atoms with E-state index >= 15 is 0 Å². The Hall–Kier alpha value is -2.48. The Balaban J connectivity index is 1.69. The Morgan fingerprint density at radius 3 is 2.65 bits per heavy atom. The third-order valence-electron chi connectivity index (χ3n) is 4.80. The van der Waals surface area contributed by atoms with Crippen molar-refractivity contribution in [2.45, 2.75) is 25.1 Å². The van der Waals surface area contributed by atoms with Crippen LogP contribution in [0.2, 0.25) is 0 Å². The number of nitrogens with zero attached hydrogens (tertiary/aromatic N) is 2. The summed E-state index contributed by atoms with van der Waals surface area (Å²) in [5, 5.41) is 0. The second-order valence-corrected chi connectivity index (χ2v) is 6.35. The van der Waals surface area contributed by atoms with Crippen LogP contribution in [0.4, 0.5) is 4.79 Å². The molecular formula is C18H24N2O6. The molecular weight excluding hydrogens is 340 g/mol. The molecule has 2 amide bonds. The van der Waals surface area contributed by atoms with E-state index < -0.39 is 0 Å². The molecule has 2 saturated heterocycles. The summed E-state index contributed by atoms with van der Waals surface area (Å²) in [6, 6.07) is 5.40. The van der Waals surface area contributed by atoms with Gasteiger partial charge in [-0.05, 0) is 17.7 Å². The van der Waals surface area contributed by atoms with Gasteiger partial charge in [-0.2, -0.15) is 0 Å². The molecule has 2 aliphatic rings. The van der Waals surface area contributed by atoms with Gasteiger partial charge >= 0.3 is 6.09 Å². The Morgan fingerprint density at radius 2 is 1.96 bits per heavy atom. The average molecular weight is 364 g/mol. The second kappa shape index (κ2) is 7.82. The number of carbonyl (C=O) groups excluding carboxylic acids is 2. The molecule has 142 valence electrons. The van der Waals surface area contributed by atoms with Crippen LogP contribution in [0.15, 0.2) is 18.2 Å². The van der Waals surface area contributed by atoms with Crippen LogP contribution < -0.4 is 9.47 Å². The number of rotatable bonds is 7. The SMILES string of the molecule is COCCC(=O)N1C[C@H]2OC(=O)N(Cc3ccc(OC)c(OC)c3)[C@H]2C1. The van der Waals surface area contributed by atoms with Gasteiger partial charge in [0.15, 0.2) is 11.5 Å². The van der Waals surface area contributed by atoms with Crippen molar-refractivity contribution in [3.05, 3.63) is 23.8 Å². The number of likely N-dealkylation sites (tertiary alicyclic amines) is 1. The number of benzene rings is 1. The van der Waals surface area contributed by atoms with E-state index in [4.69, 9.17) is 18.9 Å². The largest absolute Gasteiger partial charge is 0.493 e. The van der Waals surface area contributed by atoms with Crippen molar-refractivity contribution in [3.8, 4) is 11.5 Å². The zero-order valence-corrected chi connectivity index (χ0v) is 15.3. The van der Waals surface area contributed by atoms with Crippen LogP contribution in [-0.4, -0.2) is 75.0 Å². The fraction of sp³-hybridized carbons (Fsp3) is 0.556. The molecule has 0 saturated carbocycles. The van der Waals surface area contributed by atoms with Crippen LogP contribution in [0.1, 0.15) is 12.0 Å². The third kappa shape index (κ3) is 3.55. The highest BCUT2D eigenvalue weighted by Gasteiger charge is 2.48. The smallest absolute Gasteiger partial charge is 0.410 e. The lowest BCUT2D eigenvalue weighted by Crippen LogP contribution is -2.39. The lowest BCUT2D eigenvalue weighted by Gasteiger charge is -2.23. The van der Waals surface area contributed by atoms with Crippen molar-refractivity contribution in [3.63, 3.8) is 0 Å². The highest BCUT2D eigenvalue weighted by Crippen LogP contribution is 2.32. The molecule has 2 fully saturated rings. The van der Waals surface area contributed by atoms with E-state index in [1.807, 2.05) is 18.2 Å². The number of hydrogen-bond acceptors (Lipinski definition) is 6. The highest BCUT2D eigenvalue weighted by molar-refractivity contribution is 5.78. The zero-order chi connectivity index (χ0) is 18.7. The molecule has 0 aromatic heterocycles. The maximum atomic E-state index is 12.2. The number of ether oxygens (including phenoxy) is 4. The molecule has 1 aromatic carbocycles. The molecule has 3 rings (SSSR count). The summed E-state index contributed by atoms with van der Waals surface area (Å²) in [4.78, 5) is 27.8. The third-order valence-corrected chi connectivity index (χ3v) is 4.80. The maximum absolute atomic E-state index is 12.2. The van der Waals surface area contributed by atoms with Crippen molar-refractivity contribution in [2.24, 2.45) is 0 Å². The molecule has 2 atom stereocenters. The van der Waals surface area contributed by atoms with Crippen molar-refractivity contribution in [1.82, 2.24) is 9.80 Å². The van der Waals surface area contributed by atoms with Gasteiger partial charge < -0.3 is 23.8 Å². The highest BCUT2D eigenvalue weighted by atomic mass is 16.6. The van der Waals surface area contributed by atoms with Crippen molar-refractivity contribution in [1.29, 1.82) is 0 Å². The number of amides is 2. The number of hydrogen-bond donors (Lipinski definition) is 0. The molecule has 2 heterocycles.